The van der Waals surface area contributed by atoms with Crippen LogP contribution in [0.2, 0.25) is 0 Å². The highest BCUT2D eigenvalue weighted by Crippen LogP contribution is 2.36. The number of non-ortho nitro benzene ring substituents is 1. The van der Waals surface area contributed by atoms with E-state index in [1.54, 1.807) is 7.11 Å². The average molecular weight is 419 g/mol. The van der Waals surface area contributed by atoms with Gasteiger partial charge in [-0.25, -0.2) is 4.79 Å². The molecule has 8 heteroatoms. The van der Waals surface area contributed by atoms with E-state index >= 15 is 0 Å². The summed E-state index contributed by atoms with van der Waals surface area (Å²) < 4.78 is 6.35. The number of nitro benzene ring substituents is 1. The molecule has 0 fully saturated rings. The molecule has 0 bridgehead atoms. The van der Waals surface area contributed by atoms with Crippen molar-refractivity contribution < 1.29 is 19.3 Å². The van der Waals surface area contributed by atoms with Gasteiger partial charge in [-0.3, -0.25) is 10.1 Å². The number of nitrogens with zero attached hydrogens (tertiary/aromatic N) is 2. The van der Waals surface area contributed by atoms with E-state index in [2.05, 4.69) is 21.1 Å². The number of ether oxygens (including phenoxy) is 1. The third kappa shape index (κ3) is 3.75. The minimum Gasteiger partial charge on any atom is -0.496 e. The van der Waals surface area contributed by atoms with Crippen LogP contribution < -0.4 is 4.74 Å². The Morgan fingerprint density at radius 1 is 1.23 bits per heavy atom. The van der Waals surface area contributed by atoms with Gasteiger partial charge in [0.15, 0.2) is 0 Å². The number of carbonyl (C=O) groups excluding carboxylic acids is 1. The Bertz CT molecular complexity index is 893. The molecule has 0 saturated carbocycles. The van der Waals surface area contributed by atoms with Gasteiger partial charge in [-0.2, -0.15) is 0 Å². The van der Waals surface area contributed by atoms with Crippen molar-refractivity contribution >= 4 is 33.3 Å². The van der Waals surface area contributed by atoms with Crippen molar-refractivity contribution in [2.24, 2.45) is 5.16 Å². The molecule has 0 heterocycles. The Balaban J connectivity index is 1.71. The summed E-state index contributed by atoms with van der Waals surface area (Å²) >= 11 is 3.51. The number of hydrogen-bond donors (Lipinski definition) is 0. The van der Waals surface area contributed by atoms with Crippen LogP contribution in [0.4, 0.5) is 5.69 Å². The molecule has 0 spiro atoms. The van der Waals surface area contributed by atoms with Gasteiger partial charge < -0.3 is 9.57 Å². The third-order valence-electron chi connectivity index (χ3n) is 4.09. The largest absolute Gasteiger partial charge is 0.496 e. The summed E-state index contributed by atoms with van der Waals surface area (Å²) in [5.41, 5.74) is 3.19. The maximum absolute atomic E-state index is 12.0. The van der Waals surface area contributed by atoms with E-state index in [0.717, 1.165) is 22.0 Å². The number of methoxy groups -OCH3 is 1. The van der Waals surface area contributed by atoms with Gasteiger partial charge in [0.1, 0.15) is 5.75 Å². The van der Waals surface area contributed by atoms with Crippen LogP contribution in [-0.2, 0) is 22.5 Å². The summed E-state index contributed by atoms with van der Waals surface area (Å²) in [4.78, 5) is 27.2. The lowest BCUT2D eigenvalue weighted by Gasteiger charge is -2.09. The van der Waals surface area contributed by atoms with Crippen molar-refractivity contribution in [3.63, 3.8) is 0 Å². The van der Waals surface area contributed by atoms with Gasteiger partial charge in [0, 0.05) is 22.2 Å². The van der Waals surface area contributed by atoms with Crippen LogP contribution >= 0.6 is 15.9 Å². The third-order valence-corrected chi connectivity index (χ3v) is 4.83. The maximum atomic E-state index is 12.0. The number of nitro groups is 1. The molecule has 1 aliphatic rings. The van der Waals surface area contributed by atoms with Gasteiger partial charge in [-0.05, 0) is 36.1 Å². The molecule has 0 N–H and O–H groups in total. The Morgan fingerprint density at radius 3 is 2.62 bits per heavy atom. The first-order valence-corrected chi connectivity index (χ1v) is 8.64. The predicted octanol–water partition coefficient (Wildman–Crippen LogP) is 3.80. The number of carbonyl (C=O) groups is 1. The van der Waals surface area contributed by atoms with Crippen molar-refractivity contribution in [3.05, 3.63) is 67.7 Å². The first-order chi connectivity index (χ1) is 12.5. The van der Waals surface area contributed by atoms with Gasteiger partial charge in [0.05, 0.1) is 24.2 Å². The summed E-state index contributed by atoms with van der Waals surface area (Å²) in [5, 5.41) is 14.7. The number of halogens is 1. The van der Waals surface area contributed by atoms with E-state index in [0.29, 0.717) is 23.4 Å². The lowest BCUT2D eigenvalue weighted by atomic mass is 10.1. The van der Waals surface area contributed by atoms with Crippen LogP contribution in [0.25, 0.3) is 0 Å². The number of hydrogen-bond acceptors (Lipinski definition) is 6. The van der Waals surface area contributed by atoms with E-state index < -0.39 is 10.9 Å². The van der Waals surface area contributed by atoms with E-state index in [1.807, 2.05) is 12.1 Å². The molecule has 134 valence electrons. The summed E-state index contributed by atoms with van der Waals surface area (Å²) in [6.07, 6.45) is 1.42. The molecular formula is C18H15BrN2O5. The van der Waals surface area contributed by atoms with E-state index in [4.69, 9.17) is 9.57 Å². The molecule has 7 nitrogen and oxygen atoms in total. The van der Waals surface area contributed by atoms with Gasteiger partial charge in [-0.15, -0.1) is 0 Å². The quantitative estimate of drug-likeness (QED) is 0.418. The van der Waals surface area contributed by atoms with Crippen LogP contribution in [-0.4, -0.2) is 23.7 Å². The number of rotatable bonds is 5. The Kier molecular flexibility index (Phi) is 5.32. The Hall–Kier alpha value is -2.74. The van der Waals surface area contributed by atoms with E-state index in [1.165, 1.54) is 24.3 Å². The molecule has 0 saturated heterocycles. The lowest BCUT2D eigenvalue weighted by molar-refractivity contribution is -0.384. The normalized spacial score (nSPS) is 14.2. The van der Waals surface area contributed by atoms with E-state index in [-0.39, 0.29) is 12.1 Å². The van der Waals surface area contributed by atoms with Crippen LogP contribution in [0.3, 0.4) is 0 Å². The SMILES string of the molecule is COc1ccc(Br)c2c1/C(=N/OC(=O)Cc1ccc([N+](=O)[O-])cc1)CC2. The zero-order chi connectivity index (χ0) is 18.7. The number of oxime groups is 1. The van der Waals surface area contributed by atoms with Crippen LogP contribution in [0.5, 0.6) is 5.75 Å². The van der Waals surface area contributed by atoms with Crippen LogP contribution in [0.15, 0.2) is 46.0 Å². The molecule has 0 unspecified atom stereocenters. The van der Waals surface area contributed by atoms with Crippen molar-refractivity contribution in [3.8, 4) is 5.75 Å². The van der Waals surface area contributed by atoms with Crippen molar-refractivity contribution in [1.29, 1.82) is 0 Å². The standard InChI is InChI=1S/C18H15BrN2O5/c1-25-16-9-7-14(19)13-6-8-15(18(13)16)20-26-17(22)10-11-2-4-12(5-3-11)21(23)24/h2-5,7,9H,6,8,10H2,1H3/b20-15+. The van der Waals surface area contributed by atoms with Crippen LogP contribution in [0.1, 0.15) is 23.1 Å². The summed E-state index contributed by atoms with van der Waals surface area (Å²) in [6.45, 7) is 0. The van der Waals surface area contributed by atoms with Gasteiger partial charge in [0.25, 0.3) is 5.69 Å². The highest BCUT2D eigenvalue weighted by molar-refractivity contribution is 9.10. The molecule has 0 atom stereocenters. The fourth-order valence-corrected chi connectivity index (χ4v) is 3.36. The number of benzene rings is 2. The minimum atomic E-state index is -0.534. The molecular weight excluding hydrogens is 404 g/mol. The topological polar surface area (TPSA) is 91.0 Å². The fraction of sp³-hybridized carbons (Fsp3) is 0.222. The van der Waals surface area contributed by atoms with Gasteiger partial charge >= 0.3 is 5.97 Å². The van der Waals surface area contributed by atoms with Crippen molar-refractivity contribution in [2.75, 3.05) is 7.11 Å². The summed E-state index contributed by atoms with van der Waals surface area (Å²) in [6, 6.07) is 9.51. The van der Waals surface area contributed by atoms with Crippen LogP contribution in [0, 0.1) is 10.1 Å². The molecule has 0 amide bonds. The van der Waals surface area contributed by atoms with E-state index in [9.17, 15) is 14.9 Å². The smallest absolute Gasteiger partial charge is 0.339 e. The second-order valence-electron chi connectivity index (χ2n) is 5.70. The molecule has 26 heavy (non-hydrogen) atoms. The molecule has 0 radical (unpaired) electrons. The second-order valence-corrected chi connectivity index (χ2v) is 6.56. The molecule has 2 aromatic rings. The van der Waals surface area contributed by atoms with Gasteiger partial charge in [-0.1, -0.05) is 33.2 Å². The molecule has 0 aliphatic heterocycles. The summed E-state index contributed by atoms with van der Waals surface area (Å²) in [5.74, 6) is 0.152. The second kappa shape index (κ2) is 7.65. The Morgan fingerprint density at radius 2 is 1.96 bits per heavy atom. The Labute approximate surface area is 157 Å². The fourth-order valence-electron chi connectivity index (χ4n) is 2.83. The first kappa shape index (κ1) is 18.1. The van der Waals surface area contributed by atoms with Crippen molar-refractivity contribution in [1.82, 2.24) is 0 Å². The minimum absolute atomic E-state index is 0.0166. The first-order valence-electron chi connectivity index (χ1n) is 7.85. The molecule has 2 aromatic carbocycles. The number of fused-ring (bicyclic) bond motifs is 1. The zero-order valence-electron chi connectivity index (χ0n) is 13.9. The summed E-state index contributed by atoms with van der Waals surface area (Å²) in [7, 11) is 1.58. The monoisotopic (exact) mass is 418 g/mol. The highest BCUT2D eigenvalue weighted by atomic mass is 79.9. The molecule has 0 aromatic heterocycles. The highest BCUT2D eigenvalue weighted by Gasteiger charge is 2.25. The lowest BCUT2D eigenvalue weighted by Crippen LogP contribution is -2.07. The molecule has 3 rings (SSSR count). The zero-order valence-corrected chi connectivity index (χ0v) is 15.5. The predicted molar refractivity (Wildman–Crippen MR) is 98.4 cm³/mol. The molecule has 1 aliphatic carbocycles. The maximum Gasteiger partial charge on any atom is 0.339 e. The average Bonchev–Trinajstić information content (AvgIpc) is 3.06. The van der Waals surface area contributed by atoms with Gasteiger partial charge in [0.2, 0.25) is 0 Å². The van der Waals surface area contributed by atoms with Crippen molar-refractivity contribution in [2.45, 2.75) is 19.3 Å².